The molecule has 1 saturated carbocycles. The monoisotopic (exact) mass is 164 g/mol. The van der Waals surface area contributed by atoms with Crippen LogP contribution in [0.4, 0.5) is 0 Å². The van der Waals surface area contributed by atoms with E-state index in [9.17, 15) is 0 Å². The van der Waals surface area contributed by atoms with Crippen molar-refractivity contribution < 1.29 is 4.74 Å². The van der Waals surface area contributed by atoms with Gasteiger partial charge in [-0.25, -0.2) is 0 Å². The van der Waals surface area contributed by atoms with Gasteiger partial charge in [0, 0.05) is 5.92 Å². The van der Waals surface area contributed by atoms with Crippen molar-refractivity contribution in [2.45, 2.75) is 19.8 Å². The summed E-state index contributed by atoms with van der Waals surface area (Å²) in [4.78, 5) is 0. The minimum absolute atomic E-state index is 0.668. The Kier molecular flexibility index (Phi) is 1.75. The lowest BCUT2D eigenvalue weighted by molar-refractivity contribution is 0.105. The lowest BCUT2D eigenvalue weighted by Crippen LogP contribution is -2.26. The Morgan fingerprint density at radius 3 is 2.83 bits per heavy atom. The highest BCUT2D eigenvalue weighted by Gasteiger charge is 2.39. The second-order valence-corrected chi connectivity index (χ2v) is 4.08. The van der Waals surface area contributed by atoms with E-state index >= 15 is 0 Å². The lowest BCUT2D eigenvalue weighted by atomic mass is 9.84. The largest absolute Gasteiger partial charge is 0.494 e. The normalized spacial score (nSPS) is 40.9. The van der Waals surface area contributed by atoms with Gasteiger partial charge in [0.25, 0.3) is 0 Å². The van der Waals surface area contributed by atoms with Gasteiger partial charge in [0.05, 0.1) is 6.61 Å². The van der Waals surface area contributed by atoms with Gasteiger partial charge in [-0.2, -0.15) is 0 Å². The molecule has 0 radical (unpaired) electrons. The smallest absolute Gasteiger partial charge is 0.115 e. The summed E-state index contributed by atoms with van der Waals surface area (Å²) in [6.07, 6.45) is 2.61. The van der Waals surface area contributed by atoms with Crippen molar-refractivity contribution in [3.63, 3.8) is 0 Å². The molecule has 0 unspecified atom stereocenters. The van der Waals surface area contributed by atoms with E-state index in [1.165, 1.54) is 12.8 Å². The van der Waals surface area contributed by atoms with Crippen molar-refractivity contribution in [1.29, 1.82) is 0 Å². The second-order valence-electron chi connectivity index (χ2n) is 4.08. The van der Waals surface area contributed by atoms with Gasteiger partial charge in [-0.3, -0.25) is 0 Å². The molecule has 2 fully saturated rings. The van der Waals surface area contributed by atoms with E-state index in [0.29, 0.717) is 11.8 Å². The Balaban J connectivity index is 2.19. The van der Waals surface area contributed by atoms with Crippen molar-refractivity contribution in [1.82, 2.24) is 0 Å². The highest BCUT2D eigenvalue weighted by Crippen LogP contribution is 2.45. The van der Waals surface area contributed by atoms with Crippen LogP contribution >= 0.6 is 0 Å². The summed E-state index contributed by atoms with van der Waals surface area (Å²) in [6, 6.07) is 0. The summed E-state index contributed by atoms with van der Waals surface area (Å²) in [5, 5.41) is 0. The summed E-state index contributed by atoms with van der Waals surface area (Å²) in [6.45, 7) is 11.1. The molecule has 1 nitrogen and oxygen atoms in total. The molecule has 1 heterocycles. The molecule has 2 rings (SSSR count). The number of hydrogen-bond acceptors (Lipinski definition) is 1. The maximum absolute atomic E-state index is 5.48. The van der Waals surface area contributed by atoms with E-state index in [4.69, 9.17) is 4.74 Å². The average Bonchev–Trinajstić information content (AvgIpc) is 2.41. The quantitative estimate of drug-likeness (QED) is 0.535. The van der Waals surface area contributed by atoms with Crippen molar-refractivity contribution in [2.75, 3.05) is 6.61 Å². The Bertz CT molecular complexity index is 229. The number of hydrogen-bond donors (Lipinski definition) is 0. The van der Waals surface area contributed by atoms with E-state index in [-0.39, 0.29) is 0 Å². The summed E-state index contributed by atoms with van der Waals surface area (Å²) < 4.78 is 5.48. The number of allylic oxidation sites excluding steroid dienone is 1. The first-order valence-corrected chi connectivity index (χ1v) is 4.71. The van der Waals surface area contributed by atoms with Crippen LogP contribution in [0.25, 0.3) is 0 Å². The first-order chi connectivity index (χ1) is 5.70. The van der Waals surface area contributed by atoms with Crippen LogP contribution < -0.4 is 0 Å². The molecule has 0 amide bonds. The molecule has 0 aromatic heterocycles. The van der Waals surface area contributed by atoms with Gasteiger partial charge in [-0.15, -0.1) is 0 Å². The van der Waals surface area contributed by atoms with Crippen LogP contribution in [-0.2, 0) is 4.74 Å². The summed E-state index contributed by atoms with van der Waals surface area (Å²) >= 11 is 0. The molecular weight excluding hydrogens is 148 g/mol. The fraction of sp³-hybridized carbons (Fsp3) is 0.636. The topological polar surface area (TPSA) is 9.23 Å². The molecule has 1 aliphatic heterocycles. The summed E-state index contributed by atoms with van der Waals surface area (Å²) in [5.74, 6) is 3.01. The van der Waals surface area contributed by atoms with E-state index in [2.05, 4.69) is 20.1 Å². The van der Waals surface area contributed by atoms with Crippen molar-refractivity contribution in [3.8, 4) is 0 Å². The summed E-state index contributed by atoms with van der Waals surface area (Å²) in [5.41, 5.74) is 1.15. The molecule has 0 N–H and O–H groups in total. The van der Waals surface area contributed by atoms with E-state index in [1.807, 2.05) is 0 Å². The molecule has 12 heavy (non-hydrogen) atoms. The zero-order chi connectivity index (χ0) is 8.72. The molecular formula is C11H16O. The Morgan fingerprint density at radius 2 is 2.08 bits per heavy atom. The van der Waals surface area contributed by atoms with Gasteiger partial charge < -0.3 is 4.74 Å². The molecule has 0 spiro atoms. The van der Waals surface area contributed by atoms with Crippen LogP contribution in [0.5, 0.6) is 0 Å². The molecule has 1 saturated heterocycles. The fourth-order valence-electron chi connectivity index (χ4n) is 2.48. The first-order valence-electron chi connectivity index (χ1n) is 4.71. The molecule has 0 aromatic rings. The van der Waals surface area contributed by atoms with Crippen molar-refractivity contribution in [3.05, 3.63) is 24.5 Å². The number of rotatable bonds is 0. The minimum atomic E-state index is 0.668. The van der Waals surface area contributed by atoms with Gasteiger partial charge in [0.1, 0.15) is 5.76 Å². The zero-order valence-electron chi connectivity index (χ0n) is 7.68. The van der Waals surface area contributed by atoms with Crippen LogP contribution in [0, 0.1) is 17.8 Å². The highest BCUT2D eigenvalue weighted by molar-refractivity contribution is 5.26. The predicted octanol–water partition coefficient (Wildman–Crippen LogP) is 2.75. The van der Waals surface area contributed by atoms with Gasteiger partial charge in [-0.1, -0.05) is 20.1 Å². The van der Waals surface area contributed by atoms with E-state index in [0.717, 1.165) is 23.9 Å². The van der Waals surface area contributed by atoms with Gasteiger partial charge in [-0.05, 0) is 30.3 Å². The van der Waals surface area contributed by atoms with E-state index < -0.39 is 0 Å². The Hall–Kier alpha value is -0.720. The molecule has 0 aromatic carbocycles. The maximum atomic E-state index is 5.48. The molecule has 0 bridgehead atoms. The van der Waals surface area contributed by atoms with Crippen LogP contribution in [0.1, 0.15) is 19.8 Å². The Morgan fingerprint density at radius 1 is 1.33 bits per heavy atom. The average molecular weight is 164 g/mol. The zero-order valence-corrected chi connectivity index (χ0v) is 7.68. The molecule has 2 aliphatic rings. The lowest BCUT2D eigenvalue weighted by Gasteiger charge is -2.31. The third-order valence-corrected chi connectivity index (χ3v) is 3.44. The first kappa shape index (κ1) is 7.90. The predicted molar refractivity (Wildman–Crippen MR) is 49.6 cm³/mol. The van der Waals surface area contributed by atoms with Gasteiger partial charge in [0.2, 0.25) is 0 Å². The molecule has 66 valence electrons. The van der Waals surface area contributed by atoms with Crippen LogP contribution in [0.2, 0.25) is 0 Å². The number of fused-ring (bicyclic) bond motifs is 1. The third-order valence-electron chi connectivity index (χ3n) is 3.44. The van der Waals surface area contributed by atoms with Crippen LogP contribution in [-0.4, -0.2) is 6.61 Å². The second kappa shape index (κ2) is 2.65. The highest BCUT2D eigenvalue weighted by atomic mass is 16.5. The molecule has 1 aliphatic carbocycles. The van der Waals surface area contributed by atoms with E-state index in [1.54, 1.807) is 0 Å². The maximum Gasteiger partial charge on any atom is 0.115 e. The minimum Gasteiger partial charge on any atom is -0.494 e. The third kappa shape index (κ3) is 0.996. The van der Waals surface area contributed by atoms with Crippen molar-refractivity contribution >= 4 is 0 Å². The fourth-order valence-corrected chi connectivity index (χ4v) is 2.48. The SMILES string of the molecule is C=C1OC[C@H]2[C@H](CC[C@@H]2C)C1=C. The van der Waals surface area contributed by atoms with Crippen LogP contribution in [0.3, 0.4) is 0 Å². The van der Waals surface area contributed by atoms with Crippen LogP contribution in [0.15, 0.2) is 24.5 Å². The molecule has 1 heteroatoms. The van der Waals surface area contributed by atoms with Crippen molar-refractivity contribution in [2.24, 2.45) is 17.8 Å². The van der Waals surface area contributed by atoms with Gasteiger partial charge >= 0.3 is 0 Å². The Labute approximate surface area is 74.1 Å². The number of ether oxygens (including phenoxy) is 1. The molecule has 3 atom stereocenters. The standard InChI is InChI=1S/C11H16O/c1-7-4-5-10-8(2)9(3)12-6-11(7)10/h7,10-11H,2-6H2,1H3/t7-,10+,11+/m0/s1. The van der Waals surface area contributed by atoms with Gasteiger partial charge in [0.15, 0.2) is 0 Å². The summed E-state index contributed by atoms with van der Waals surface area (Å²) in [7, 11) is 0.